The van der Waals surface area contributed by atoms with Crippen LogP contribution in [0, 0.1) is 11.6 Å². The summed E-state index contributed by atoms with van der Waals surface area (Å²) < 4.78 is 33.1. The number of halogens is 2. The number of rotatable bonds is 2. The molecule has 1 aromatic rings. The molecule has 1 unspecified atom stereocenters. The summed E-state index contributed by atoms with van der Waals surface area (Å²) in [5, 5.41) is 3.26. The van der Waals surface area contributed by atoms with Gasteiger partial charge >= 0.3 is 0 Å². The Labute approximate surface area is 99.0 Å². The van der Waals surface area contributed by atoms with Gasteiger partial charge in [-0.2, -0.15) is 0 Å². The van der Waals surface area contributed by atoms with E-state index < -0.39 is 11.6 Å². The van der Waals surface area contributed by atoms with Crippen molar-refractivity contribution in [2.24, 2.45) is 0 Å². The normalized spacial score (nSPS) is 22.6. The van der Waals surface area contributed by atoms with Crippen LogP contribution < -0.4 is 10.1 Å². The molecule has 1 aromatic carbocycles. The van der Waals surface area contributed by atoms with E-state index in [0.29, 0.717) is 30.8 Å². The zero-order valence-corrected chi connectivity index (χ0v) is 9.56. The number of hydrogen-bond acceptors (Lipinski definition) is 2. The lowest BCUT2D eigenvalue weighted by atomic mass is 9.99. The molecule has 0 spiro atoms. The van der Waals surface area contributed by atoms with Crippen molar-refractivity contribution < 1.29 is 13.5 Å². The number of fused-ring (bicyclic) bond motifs is 1. The zero-order valence-electron chi connectivity index (χ0n) is 9.56. The van der Waals surface area contributed by atoms with E-state index in [-0.39, 0.29) is 11.6 Å². The molecule has 4 heteroatoms. The van der Waals surface area contributed by atoms with Crippen LogP contribution in [0.5, 0.6) is 5.75 Å². The van der Waals surface area contributed by atoms with Crippen molar-refractivity contribution in [3.05, 3.63) is 28.8 Å². The second-order valence-electron chi connectivity index (χ2n) is 4.72. The SMILES string of the molecule is Fc1cc2c(c(F)c1CC1CCCN1)CCO2. The highest BCUT2D eigenvalue weighted by atomic mass is 19.1. The van der Waals surface area contributed by atoms with Gasteiger partial charge in [-0.25, -0.2) is 8.78 Å². The van der Waals surface area contributed by atoms with Gasteiger partial charge in [0.2, 0.25) is 0 Å². The lowest BCUT2D eigenvalue weighted by molar-refractivity contribution is 0.355. The third-order valence-corrected chi connectivity index (χ3v) is 3.60. The highest BCUT2D eigenvalue weighted by molar-refractivity contribution is 5.42. The molecular weight excluding hydrogens is 224 g/mol. The number of nitrogens with one attached hydrogen (secondary N) is 1. The Bertz CT molecular complexity index is 442. The van der Waals surface area contributed by atoms with Crippen LogP contribution in [0.3, 0.4) is 0 Å². The van der Waals surface area contributed by atoms with Gasteiger partial charge in [0.1, 0.15) is 17.4 Å². The first kappa shape index (κ1) is 11.0. The van der Waals surface area contributed by atoms with Crippen LogP contribution in [-0.2, 0) is 12.8 Å². The molecule has 1 saturated heterocycles. The molecule has 0 radical (unpaired) electrons. The Balaban J connectivity index is 1.92. The smallest absolute Gasteiger partial charge is 0.136 e. The molecule has 3 rings (SSSR count). The molecule has 2 aliphatic heterocycles. The predicted molar refractivity (Wildman–Crippen MR) is 60.3 cm³/mol. The van der Waals surface area contributed by atoms with E-state index in [4.69, 9.17) is 4.74 Å². The van der Waals surface area contributed by atoms with E-state index >= 15 is 0 Å². The van der Waals surface area contributed by atoms with Crippen LogP contribution in [0.25, 0.3) is 0 Å². The topological polar surface area (TPSA) is 21.3 Å². The van der Waals surface area contributed by atoms with Crippen molar-refractivity contribution in [3.8, 4) is 5.75 Å². The highest BCUT2D eigenvalue weighted by Gasteiger charge is 2.25. The number of ether oxygens (including phenoxy) is 1. The zero-order chi connectivity index (χ0) is 11.8. The molecule has 0 aromatic heterocycles. The summed E-state index contributed by atoms with van der Waals surface area (Å²) >= 11 is 0. The second kappa shape index (κ2) is 4.26. The van der Waals surface area contributed by atoms with Crippen LogP contribution in [0.15, 0.2) is 6.07 Å². The van der Waals surface area contributed by atoms with Crippen molar-refractivity contribution in [1.82, 2.24) is 5.32 Å². The van der Waals surface area contributed by atoms with E-state index in [0.717, 1.165) is 19.4 Å². The Morgan fingerprint density at radius 3 is 3.06 bits per heavy atom. The maximum Gasteiger partial charge on any atom is 0.136 e. The predicted octanol–water partition coefficient (Wildman–Crippen LogP) is 2.19. The molecule has 2 heterocycles. The van der Waals surface area contributed by atoms with Crippen molar-refractivity contribution in [2.75, 3.05) is 13.2 Å². The standard InChI is InChI=1S/C13H15F2NO/c14-11-7-12-9(3-5-17-12)13(15)10(11)6-8-2-1-4-16-8/h7-8,16H,1-6H2. The summed E-state index contributed by atoms with van der Waals surface area (Å²) in [6.07, 6.45) is 3.06. The summed E-state index contributed by atoms with van der Waals surface area (Å²) in [6, 6.07) is 1.54. The van der Waals surface area contributed by atoms with Gasteiger partial charge in [-0.05, 0) is 25.8 Å². The molecule has 1 atom stereocenters. The van der Waals surface area contributed by atoms with Gasteiger partial charge in [0.05, 0.1) is 6.61 Å². The second-order valence-corrected chi connectivity index (χ2v) is 4.72. The first-order valence-electron chi connectivity index (χ1n) is 6.11. The summed E-state index contributed by atoms with van der Waals surface area (Å²) in [7, 11) is 0. The van der Waals surface area contributed by atoms with Gasteiger partial charge in [0.25, 0.3) is 0 Å². The summed E-state index contributed by atoms with van der Waals surface area (Å²) in [6.45, 7) is 1.40. The molecular formula is C13H15F2NO. The fraction of sp³-hybridized carbons (Fsp3) is 0.538. The third-order valence-electron chi connectivity index (χ3n) is 3.60. The molecule has 2 nitrogen and oxygen atoms in total. The Morgan fingerprint density at radius 2 is 2.29 bits per heavy atom. The third kappa shape index (κ3) is 1.90. The largest absolute Gasteiger partial charge is 0.493 e. The van der Waals surface area contributed by atoms with Gasteiger partial charge in [-0.3, -0.25) is 0 Å². The number of hydrogen-bond donors (Lipinski definition) is 1. The summed E-state index contributed by atoms with van der Waals surface area (Å²) in [4.78, 5) is 0. The minimum Gasteiger partial charge on any atom is -0.493 e. The van der Waals surface area contributed by atoms with E-state index in [9.17, 15) is 8.78 Å². The summed E-state index contributed by atoms with van der Waals surface area (Å²) in [5.41, 5.74) is 0.757. The molecule has 17 heavy (non-hydrogen) atoms. The molecule has 0 aliphatic carbocycles. The minimum absolute atomic E-state index is 0.208. The first-order valence-corrected chi connectivity index (χ1v) is 6.11. The van der Waals surface area contributed by atoms with Gasteiger partial charge in [-0.1, -0.05) is 0 Å². The van der Waals surface area contributed by atoms with Crippen LogP contribution in [0.1, 0.15) is 24.0 Å². The molecule has 0 amide bonds. The molecule has 2 aliphatic rings. The molecule has 92 valence electrons. The van der Waals surface area contributed by atoms with E-state index in [2.05, 4.69) is 5.32 Å². The quantitative estimate of drug-likeness (QED) is 0.854. The Hall–Kier alpha value is -1.16. The van der Waals surface area contributed by atoms with Crippen LogP contribution in [0.2, 0.25) is 0 Å². The van der Waals surface area contributed by atoms with Crippen molar-refractivity contribution in [3.63, 3.8) is 0 Å². The number of benzene rings is 1. The lowest BCUT2D eigenvalue weighted by Gasteiger charge is -2.13. The highest BCUT2D eigenvalue weighted by Crippen LogP contribution is 2.32. The maximum absolute atomic E-state index is 14.1. The minimum atomic E-state index is -0.475. The van der Waals surface area contributed by atoms with Gasteiger partial charge in [0, 0.05) is 29.7 Å². The first-order chi connectivity index (χ1) is 8.25. The lowest BCUT2D eigenvalue weighted by Crippen LogP contribution is -2.24. The van der Waals surface area contributed by atoms with E-state index in [1.54, 1.807) is 0 Å². The average molecular weight is 239 g/mol. The molecule has 1 fully saturated rings. The fourth-order valence-electron chi connectivity index (χ4n) is 2.67. The van der Waals surface area contributed by atoms with Crippen LogP contribution in [-0.4, -0.2) is 19.2 Å². The Morgan fingerprint density at radius 1 is 1.41 bits per heavy atom. The van der Waals surface area contributed by atoms with Gasteiger partial charge in [-0.15, -0.1) is 0 Å². The fourth-order valence-corrected chi connectivity index (χ4v) is 2.67. The van der Waals surface area contributed by atoms with Gasteiger partial charge in [0.15, 0.2) is 0 Å². The van der Waals surface area contributed by atoms with Crippen molar-refractivity contribution in [2.45, 2.75) is 31.7 Å². The molecule has 1 N–H and O–H groups in total. The molecule has 0 saturated carbocycles. The van der Waals surface area contributed by atoms with E-state index in [1.807, 2.05) is 0 Å². The van der Waals surface area contributed by atoms with Crippen LogP contribution in [0.4, 0.5) is 8.78 Å². The Kier molecular flexibility index (Phi) is 2.74. The van der Waals surface area contributed by atoms with Crippen molar-refractivity contribution in [1.29, 1.82) is 0 Å². The molecule has 0 bridgehead atoms. The van der Waals surface area contributed by atoms with E-state index in [1.165, 1.54) is 6.07 Å². The van der Waals surface area contributed by atoms with Crippen LogP contribution >= 0.6 is 0 Å². The maximum atomic E-state index is 14.1. The monoisotopic (exact) mass is 239 g/mol. The average Bonchev–Trinajstić information content (AvgIpc) is 2.94. The van der Waals surface area contributed by atoms with Crippen molar-refractivity contribution >= 4 is 0 Å². The van der Waals surface area contributed by atoms with Gasteiger partial charge < -0.3 is 10.1 Å². The summed E-state index contributed by atoms with van der Waals surface area (Å²) in [5.74, 6) is -0.494.